The molecular formula is C33H37ClN4O8. The monoisotopic (exact) mass is 652 g/mol. The number of hydrogen-bond acceptors (Lipinski definition) is 9. The van der Waals surface area contributed by atoms with Gasteiger partial charge < -0.3 is 50.0 Å². The number of nitrogens with one attached hydrogen (secondary N) is 2. The minimum Gasteiger partial charge on any atom is -0.461 e. The van der Waals surface area contributed by atoms with Crippen molar-refractivity contribution in [2.24, 2.45) is 0 Å². The molecule has 3 heterocycles. The van der Waals surface area contributed by atoms with Crippen LogP contribution in [0.2, 0.25) is 0 Å². The predicted octanol–water partition coefficient (Wildman–Crippen LogP) is 2.37. The number of carbonyl (C=O) groups excluding carboxylic acids is 2. The lowest BCUT2D eigenvalue weighted by Gasteiger charge is -2.39. The van der Waals surface area contributed by atoms with Crippen LogP contribution < -0.4 is 15.0 Å². The van der Waals surface area contributed by atoms with Gasteiger partial charge in [0.1, 0.15) is 35.9 Å². The SMILES string of the molecule is CC(Cl)[C@@H]1CN(C(=O)c2cc3cc(NC(=O)CN(C)C)ccc3[nH]2)c2cc(O[C@@H]3OC(CO)[C@H](O)C(O)C3O)c3ccccc3c21. The van der Waals surface area contributed by atoms with Crippen molar-refractivity contribution < 1.29 is 39.5 Å². The number of likely N-dealkylation sites (N-methyl/N-ethyl adjacent to an activating group) is 1. The number of carbonyl (C=O) groups is 2. The fraction of sp³-hybridized carbons (Fsp3) is 0.394. The summed E-state index contributed by atoms with van der Waals surface area (Å²) in [6.07, 6.45) is -7.31. The molecule has 0 radical (unpaired) electrons. The highest BCUT2D eigenvalue weighted by molar-refractivity contribution is 6.22. The molecule has 4 unspecified atom stereocenters. The number of aromatic amines is 1. The van der Waals surface area contributed by atoms with Gasteiger partial charge in [0.25, 0.3) is 5.91 Å². The number of H-pyrrole nitrogens is 1. The van der Waals surface area contributed by atoms with Gasteiger partial charge in [-0.25, -0.2) is 0 Å². The first-order valence-corrected chi connectivity index (χ1v) is 15.5. The van der Waals surface area contributed by atoms with Gasteiger partial charge in [0.15, 0.2) is 0 Å². The fourth-order valence-corrected chi connectivity index (χ4v) is 6.47. The van der Waals surface area contributed by atoms with Crippen LogP contribution in [0.1, 0.15) is 28.9 Å². The highest BCUT2D eigenvalue weighted by Crippen LogP contribution is 2.48. The highest BCUT2D eigenvalue weighted by Gasteiger charge is 2.45. The second-order valence-electron chi connectivity index (χ2n) is 12.1. The zero-order valence-electron chi connectivity index (χ0n) is 25.6. The third-order valence-corrected chi connectivity index (χ3v) is 8.86. The molecule has 1 aromatic heterocycles. The number of amides is 2. The summed E-state index contributed by atoms with van der Waals surface area (Å²) >= 11 is 6.72. The molecule has 6 rings (SSSR count). The van der Waals surface area contributed by atoms with Gasteiger partial charge in [-0.15, -0.1) is 11.6 Å². The lowest BCUT2D eigenvalue weighted by molar-refractivity contribution is -0.277. The number of rotatable bonds is 8. The Bertz CT molecular complexity index is 1780. The van der Waals surface area contributed by atoms with Gasteiger partial charge in [-0.3, -0.25) is 9.59 Å². The van der Waals surface area contributed by atoms with Crippen LogP contribution in [0.3, 0.4) is 0 Å². The number of benzene rings is 3. The molecule has 1 saturated heterocycles. The molecule has 0 saturated carbocycles. The van der Waals surface area contributed by atoms with E-state index in [1.165, 1.54) is 0 Å². The minimum atomic E-state index is -1.61. The summed E-state index contributed by atoms with van der Waals surface area (Å²) in [5.74, 6) is -0.395. The molecule has 12 nitrogen and oxygen atoms in total. The van der Waals surface area contributed by atoms with Crippen molar-refractivity contribution >= 4 is 56.5 Å². The van der Waals surface area contributed by atoms with Crippen LogP contribution in [-0.4, -0.2) is 112 Å². The van der Waals surface area contributed by atoms with Crippen LogP contribution in [-0.2, 0) is 9.53 Å². The second-order valence-corrected chi connectivity index (χ2v) is 12.8. The van der Waals surface area contributed by atoms with Crippen LogP contribution in [0, 0.1) is 0 Å². The number of alkyl halides is 1. The smallest absolute Gasteiger partial charge is 0.274 e. The lowest BCUT2D eigenvalue weighted by atomic mass is 9.92. The van der Waals surface area contributed by atoms with E-state index in [4.69, 9.17) is 21.1 Å². The summed E-state index contributed by atoms with van der Waals surface area (Å²) < 4.78 is 11.8. The maximum atomic E-state index is 14.2. The van der Waals surface area contributed by atoms with Crippen molar-refractivity contribution in [2.75, 3.05) is 44.0 Å². The van der Waals surface area contributed by atoms with Gasteiger partial charge >= 0.3 is 0 Å². The van der Waals surface area contributed by atoms with Crippen LogP contribution in [0.15, 0.2) is 54.6 Å². The summed E-state index contributed by atoms with van der Waals surface area (Å²) in [6, 6.07) is 16.2. The Morgan fingerprint density at radius 1 is 1.09 bits per heavy atom. The van der Waals surface area contributed by atoms with E-state index in [0.717, 1.165) is 21.9 Å². The molecule has 244 valence electrons. The second kappa shape index (κ2) is 12.8. The highest BCUT2D eigenvalue weighted by atomic mass is 35.5. The number of nitrogens with zero attached hydrogens (tertiary/aromatic N) is 2. The van der Waals surface area contributed by atoms with E-state index in [2.05, 4.69) is 10.3 Å². The number of aliphatic hydroxyl groups is 4. The van der Waals surface area contributed by atoms with Crippen LogP contribution in [0.5, 0.6) is 5.75 Å². The van der Waals surface area contributed by atoms with E-state index in [1.807, 2.05) is 45.3 Å². The van der Waals surface area contributed by atoms with Crippen molar-refractivity contribution in [1.82, 2.24) is 9.88 Å². The van der Waals surface area contributed by atoms with Gasteiger partial charge in [-0.1, -0.05) is 24.3 Å². The van der Waals surface area contributed by atoms with E-state index in [-0.39, 0.29) is 35.4 Å². The average molecular weight is 653 g/mol. The minimum absolute atomic E-state index is 0.153. The van der Waals surface area contributed by atoms with Gasteiger partial charge in [-0.05, 0) is 56.2 Å². The molecule has 0 spiro atoms. The molecule has 13 heteroatoms. The van der Waals surface area contributed by atoms with E-state index in [9.17, 15) is 30.0 Å². The van der Waals surface area contributed by atoms with Crippen molar-refractivity contribution in [1.29, 1.82) is 0 Å². The Morgan fingerprint density at radius 3 is 2.52 bits per heavy atom. The summed E-state index contributed by atoms with van der Waals surface area (Å²) in [6.45, 7) is 1.82. The molecule has 1 fully saturated rings. The molecular weight excluding hydrogens is 616 g/mol. The molecule has 46 heavy (non-hydrogen) atoms. The number of aliphatic hydroxyl groups excluding tert-OH is 4. The van der Waals surface area contributed by atoms with Gasteiger partial charge in [0, 0.05) is 45.9 Å². The zero-order valence-corrected chi connectivity index (χ0v) is 26.3. The first kappa shape index (κ1) is 32.2. The third-order valence-electron chi connectivity index (χ3n) is 8.55. The van der Waals surface area contributed by atoms with Crippen molar-refractivity contribution in [3.8, 4) is 5.75 Å². The predicted molar refractivity (Wildman–Crippen MR) is 174 cm³/mol. The van der Waals surface area contributed by atoms with Crippen molar-refractivity contribution in [3.63, 3.8) is 0 Å². The van der Waals surface area contributed by atoms with Crippen LogP contribution >= 0.6 is 11.6 Å². The molecule has 2 aliphatic heterocycles. The summed E-state index contributed by atoms with van der Waals surface area (Å²) in [5.41, 5.74) is 3.11. The summed E-state index contributed by atoms with van der Waals surface area (Å²) in [5, 5.41) is 45.7. The number of halogens is 1. The molecule has 6 N–H and O–H groups in total. The zero-order chi connectivity index (χ0) is 32.9. The van der Waals surface area contributed by atoms with E-state index in [1.54, 1.807) is 40.1 Å². The van der Waals surface area contributed by atoms with E-state index >= 15 is 0 Å². The Balaban J connectivity index is 1.37. The Hall–Kier alpha value is -3.75. The molecule has 0 aliphatic carbocycles. The van der Waals surface area contributed by atoms with E-state index < -0.39 is 37.3 Å². The van der Waals surface area contributed by atoms with E-state index in [0.29, 0.717) is 29.0 Å². The Kier molecular flexibility index (Phi) is 8.96. The first-order chi connectivity index (χ1) is 22.0. The van der Waals surface area contributed by atoms with Gasteiger partial charge in [0.2, 0.25) is 12.2 Å². The number of ether oxygens (including phenoxy) is 2. The molecule has 7 atom stereocenters. The fourth-order valence-electron chi connectivity index (χ4n) is 6.26. The molecule has 3 aromatic carbocycles. The lowest BCUT2D eigenvalue weighted by Crippen LogP contribution is -2.60. The van der Waals surface area contributed by atoms with Crippen molar-refractivity contribution in [3.05, 3.63) is 65.9 Å². The summed E-state index contributed by atoms with van der Waals surface area (Å²) in [4.78, 5) is 33.0. The Morgan fingerprint density at radius 2 is 1.83 bits per heavy atom. The molecule has 2 amide bonds. The number of anilines is 2. The van der Waals surface area contributed by atoms with Crippen LogP contribution in [0.25, 0.3) is 21.7 Å². The van der Waals surface area contributed by atoms with Gasteiger partial charge in [-0.2, -0.15) is 0 Å². The Labute approximate surface area is 270 Å². The van der Waals surface area contributed by atoms with Crippen LogP contribution in [0.4, 0.5) is 11.4 Å². The maximum absolute atomic E-state index is 14.2. The standard InChI is InChI=1S/C33H37ClN4O8/c1-16(34)21-13-38(32(44)23-11-17-10-18(8-9-22(17)36-23)35-27(40)14-37(2)3)24-12-25(19-6-4-5-7-20(19)28(21)24)45-33-31(43)30(42)29(41)26(15-39)46-33/h4-12,16,21,26,29-31,33,36,39,41-43H,13-15H2,1-3H3,(H,35,40)/t16?,21-,26?,29-,30?,31?,33+/m0/s1. The maximum Gasteiger partial charge on any atom is 0.274 e. The summed E-state index contributed by atoms with van der Waals surface area (Å²) in [7, 11) is 3.62. The average Bonchev–Trinajstić information content (AvgIpc) is 3.62. The molecule has 2 aliphatic rings. The largest absolute Gasteiger partial charge is 0.461 e. The topological polar surface area (TPSA) is 168 Å². The normalized spacial score (nSPS) is 25.2. The molecule has 0 bridgehead atoms. The number of fused-ring (bicyclic) bond motifs is 4. The van der Waals surface area contributed by atoms with Gasteiger partial charge in [0.05, 0.1) is 18.8 Å². The first-order valence-electron chi connectivity index (χ1n) is 15.0. The number of hydrogen-bond donors (Lipinski definition) is 6. The third kappa shape index (κ3) is 5.93. The van der Waals surface area contributed by atoms with Crippen molar-refractivity contribution in [2.45, 2.75) is 48.9 Å². The quantitative estimate of drug-likeness (QED) is 0.157. The molecule has 4 aromatic rings. The number of aromatic nitrogens is 1.